The molecule has 3 saturated carbocycles. The number of fused-ring (bicyclic) bond motifs is 5. The summed E-state index contributed by atoms with van der Waals surface area (Å²) < 4.78 is 0. The Bertz CT molecular complexity index is 611. The smallest absolute Gasteiger partial charge is 0.176 e. The lowest BCUT2D eigenvalue weighted by Crippen LogP contribution is -2.58. The molecule has 0 aromatic rings. The number of hydrogen-bond acceptors (Lipinski definition) is 2. The monoisotopic (exact) mass is 348 g/mol. The molecule has 2 nitrogen and oxygen atoms in total. The molecule has 0 aromatic carbocycles. The van der Waals surface area contributed by atoms with Gasteiger partial charge < -0.3 is 5.11 Å². The van der Waals surface area contributed by atoms with Crippen LogP contribution in [0.25, 0.3) is 0 Å². The van der Waals surface area contributed by atoms with E-state index in [9.17, 15) is 9.90 Å². The Morgan fingerprint density at radius 3 is 2.71 bits per heavy atom. The predicted molar refractivity (Wildman–Crippen MR) is 96.8 cm³/mol. The van der Waals surface area contributed by atoms with Gasteiger partial charge in [0.1, 0.15) is 5.38 Å². The zero-order chi connectivity index (χ0) is 17.3. The Morgan fingerprint density at radius 1 is 1.25 bits per heavy atom. The summed E-state index contributed by atoms with van der Waals surface area (Å²) in [7, 11) is 0. The first-order valence-electron chi connectivity index (χ1n) is 9.53. The highest BCUT2D eigenvalue weighted by Gasteiger charge is 2.61. The van der Waals surface area contributed by atoms with Crippen molar-refractivity contribution in [2.45, 2.75) is 63.9 Å². The van der Waals surface area contributed by atoms with Gasteiger partial charge in [-0.15, -0.1) is 18.2 Å². The van der Waals surface area contributed by atoms with Crippen molar-refractivity contribution < 1.29 is 9.90 Å². The zero-order valence-electron chi connectivity index (χ0n) is 14.8. The van der Waals surface area contributed by atoms with Gasteiger partial charge >= 0.3 is 0 Å². The van der Waals surface area contributed by atoms with Crippen LogP contribution in [0, 0.1) is 34.5 Å². The molecular formula is C21H29ClO2. The first kappa shape index (κ1) is 16.8. The third-order valence-corrected chi connectivity index (χ3v) is 8.94. The molecule has 0 heterocycles. The normalized spacial score (nSPS) is 53.7. The minimum atomic E-state index is -0.782. The van der Waals surface area contributed by atoms with E-state index in [1.54, 1.807) is 6.08 Å². The van der Waals surface area contributed by atoms with Crippen LogP contribution in [-0.2, 0) is 4.79 Å². The third-order valence-electron chi connectivity index (χ3n) is 8.48. The second-order valence-corrected chi connectivity index (χ2v) is 9.55. The van der Waals surface area contributed by atoms with Crippen molar-refractivity contribution >= 4 is 17.4 Å². The minimum absolute atomic E-state index is 0.108. The van der Waals surface area contributed by atoms with Gasteiger partial charge in [-0.25, -0.2) is 0 Å². The van der Waals surface area contributed by atoms with Crippen LogP contribution >= 0.6 is 11.6 Å². The topological polar surface area (TPSA) is 37.3 Å². The standard InChI is InChI=1S/C21H29ClO2/c1-4-12-6-8-15-14-7-5-13-11-17(23)18(22)19(24)21(13,3)16(14)9-10-20(12,15)2/h4,11-12,14-16,18-19,24H,1,5-10H2,2-3H3/t12-,14-,15-,16-,18+,19+,20+,21-/m0/s1. The molecule has 0 aliphatic heterocycles. The average molecular weight is 349 g/mol. The highest BCUT2D eigenvalue weighted by atomic mass is 35.5. The summed E-state index contributed by atoms with van der Waals surface area (Å²) in [6.07, 6.45) is 10.2. The van der Waals surface area contributed by atoms with Crippen molar-refractivity contribution in [1.82, 2.24) is 0 Å². The molecule has 0 spiro atoms. The fourth-order valence-corrected chi connectivity index (χ4v) is 7.36. The number of alkyl halides is 1. The molecule has 0 unspecified atom stereocenters. The summed E-state index contributed by atoms with van der Waals surface area (Å²) in [5, 5.41) is 10.2. The molecule has 0 radical (unpaired) electrons. The number of ketones is 1. The SMILES string of the molecule is C=C[C@H]1CC[C@H]2[C@@H]3CCC4=CC(=O)[C@@H](Cl)[C@@H](O)[C@]4(C)[C@H]3CC[C@]12C. The molecule has 0 aromatic heterocycles. The first-order chi connectivity index (χ1) is 11.3. The maximum absolute atomic E-state index is 12.1. The Morgan fingerprint density at radius 2 is 2.00 bits per heavy atom. The second-order valence-electron chi connectivity index (χ2n) is 9.08. The number of carbonyl (C=O) groups is 1. The van der Waals surface area contributed by atoms with Crippen LogP contribution in [0.3, 0.4) is 0 Å². The highest BCUT2D eigenvalue weighted by molar-refractivity contribution is 6.33. The number of halogens is 1. The predicted octanol–water partition coefficient (Wildman–Crippen LogP) is 4.51. The number of hydrogen-bond donors (Lipinski definition) is 1. The van der Waals surface area contributed by atoms with Crippen molar-refractivity contribution in [3.8, 4) is 0 Å². The average Bonchev–Trinajstić information content (AvgIpc) is 2.91. The molecule has 24 heavy (non-hydrogen) atoms. The molecule has 0 bridgehead atoms. The Kier molecular flexibility index (Phi) is 3.82. The molecule has 4 aliphatic carbocycles. The van der Waals surface area contributed by atoms with E-state index in [1.165, 1.54) is 19.3 Å². The van der Waals surface area contributed by atoms with Gasteiger partial charge in [-0.3, -0.25) is 4.79 Å². The lowest BCUT2D eigenvalue weighted by Gasteiger charge is -2.59. The van der Waals surface area contributed by atoms with E-state index in [-0.39, 0.29) is 11.2 Å². The Hall–Kier alpha value is -0.600. The zero-order valence-corrected chi connectivity index (χ0v) is 15.6. The summed E-state index contributed by atoms with van der Waals surface area (Å²) >= 11 is 6.29. The number of aliphatic hydroxyl groups is 1. The van der Waals surface area contributed by atoms with Gasteiger partial charge in [0.25, 0.3) is 0 Å². The molecule has 3 heteroatoms. The van der Waals surface area contributed by atoms with Crippen LogP contribution in [0.2, 0.25) is 0 Å². The first-order valence-corrected chi connectivity index (χ1v) is 9.97. The fourth-order valence-electron chi connectivity index (χ4n) is 7.04. The summed E-state index contributed by atoms with van der Waals surface area (Å²) in [6, 6.07) is 0. The minimum Gasteiger partial charge on any atom is -0.390 e. The largest absolute Gasteiger partial charge is 0.390 e. The molecule has 1 N–H and O–H groups in total. The number of aliphatic hydroxyl groups excluding tert-OH is 1. The third kappa shape index (κ3) is 1.96. The van der Waals surface area contributed by atoms with Crippen LogP contribution < -0.4 is 0 Å². The van der Waals surface area contributed by atoms with Crippen molar-refractivity contribution in [2.75, 3.05) is 0 Å². The van der Waals surface area contributed by atoms with Gasteiger partial charge in [-0.1, -0.05) is 25.5 Å². The molecule has 0 saturated heterocycles. The molecular weight excluding hydrogens is 320 g/mol. The quantitative estimate of drug-likeness (QED) is 0.559. The fraction of sp³-hybridized carbons (Fsp3) is 0.762. The molecule has 0 amide bonds. The van der Waals surface area contributed by atoms with E-state index in [0.29, 0.717) is 23.2 Å². The van der Waals surface area contributed by atoms with Crippen molar-refractivity contribution in [3.05, 3.63) is 24.3 Å². The second kappa shape index (κ2) is 5.45. The summed E-state index contributed by atoms with van der Waals surface area (Å²) in [5.41, 5.74) is 1.20. The van der Waals surface area contributed by atoms with Crippen LogP contribution in [0.1, 0.15) is 52.4 Å². The van der Waals surface area contributed by atoms with Crippen LogP contribution in [-0.4, -0.2) is 22.4 Å². The van der Waals surface area contributed by atoms with Gasteiger partial charge in [-0.2, -0.15) is 0 Å². The highest BCUT2D eigenvalue weighted by Crippen LogP contribution is 2.66. The lowest BCUT2D eigenvalue weighted by atomic mass is 9.46. The van der Waals surface area contributed by atoms with E-state index in [0.717, 1.165) is 30.8 Å². The van der Waals surface area contributed by atoms with Crippen molar-refractivity contribution in [1.29, 1.82) is 0 Å². The maximum atomic E-state index is 12.1. The molecule has 4 rings (SSSR count). The van der Waals surface area contributed by atoms with Gasteiger partial charge in [0.05, 0.1) is 6.10 Å². The summed E-state index contributed by atoms with van der Waals surface area (Å²) in [6.45, 7) is 8.72. The number of allylic oxidation sites excluding steroid dienone is 1. The van der Waals surface area contributed by atoms with E-state index >= 15 is 0 Å². The van der Waals surface area contributed by atoms with Gasteiger partial charge in [-0.05, 0) is 73.7 Å². The van der Waals surface area contributed by atoms with Crippen LogP contribution in [0.15, 0.2) is 24.3 Å². The molecule has 8 atom stereocenters. The van der Waals surface area contributed by atoms with Crippen LogP contribution in [0.5, 0.6) is 0 Å². The lowest BCUT2D eigenvalue weighted by molar-refractivity contribution is -0.126. The Labute approximate surface area is 150 Å². The Balaban J connectivity index is 1.72. The molecule has 132 valence electrons. The van der Waals surface area contributed by atoms with E-state index in [2.05, 4.69) is 26.5 Å². The van der Waals surface area contributed by atoms with E-state index in [1.807, 2.05) is 0 Å². The van der Waals surface area contributed by atoms with E-state index < -0.39 is 11.5 Å². The maximum Gasteiger partial charge on any atom is 0.176 e. The molecule has 4 aliphatic rings. The van der Waals surface area contributed by atoms with Gasteiger partial charge in [0.15, 0.2) is 5.78 Å². The van der Waals surface area contributed by atoms with Gasteiger partial charge in [0, 0.05) is 5.41 Å². The van der Waals surface area contributed by atoms with E-state index in [4.69, 9.17) is 11.6 Å². The number of rotatable bonds is 1. The molecule has 3 fully saturated rings. The van der Waals surface area contributed by atoms with Crippen molar-refractivity contribution in [3.63, 3.8) is 0 Å². The van der Waals surface area contributed by atoms with Crippen molar-refractivity contribution in [2.24, 2.45) is 34.5 Å². The summed E-state index contributed by atoms with van der Waals surface area (Å²) in [5.74, 6) is 2.33. The van der Waals surface area contributed by atoms with Gasteiger partial charge in [0.2, 0.25) is 0 Å². The number of carbonyl (C=O) groups excluding carboxylic acids is 1. The summed E-state index contributed by atoms with van der Waals surface area (Å²) in [4.78, 5) is 12.1. The van der Waals surface area contributed by atoms with Crippen LogP contribution in [0.4, 0.5) is 0 Å².